The van der Waals surface area contributed by atoms with Crippen LogP contribution in [0.3, 0.4) is 0 Å². The van der Waals surface area contributed by atoms with Gasteiger partial charge in [0.05, 0.1) is 6.54 Å². The van der Waals surface area contributed by atoms with Gasteiger partial charge in [-0.2, -0.15) is 0 Å². The Morgan fingerprint density at radius 1 is 1.25 bits per heavy atom. The van der Waals surface area contributed by atoms with Crippen molar-refractivity contribution in [3.63, 3.8) is 0 Å². The summed E-state index contributed by atoms with van der Waals surface area (Å²) < 4.78 is 0. The fourth-order valence-corrected chi connectivity index (χ4v) is 3.66. The molecule has 2 aromatic heterocycles. The summed E-state index contributed by atoms with van der Waals surface area (Å²) in [5.74, 6) is 1.49. The molecule has 0 atom stereocenters. The number of fused-ring (bicyclic) bond motifs is 1. The van der Waals surface area contributed by atoms with Crippen molar-refractivity contribution in [3.05, 3.63) is 34.6 Å². The van der Waals surface area contributed by atoms with Crippen LogP contribution < -0.4 is 10.2 Å². The normalized spacial score (nSPS) is 13.4. The molecule has 0 bridgehead atoms. The molecule has 0 saturated carbocycles. The SMILES string of the molecule is CCc1cc(-c2nc3c(c(N(C)CC(=O)NC(C)(C)C)n2)CCC3)ncc1C. The zero-order chi connectivity index (χ0) is 20.5. The first-order valence-electron chi connectivity index (χ1n) is 10.1. The lowest BCUT2D eigenvalue weighted by molar-refractivity contribution is -0.121. The highest BCUT2D eigenvalue weighted by Gasteiger charge is 2.24. The first kappa shape index (κ1) is 20.2. The van der Waals surface area contributed by atoms with Crippen molar-refractivity contribution < 1.29 is 4.79 Å². The van der Waals surface area contributed by atoms with Crippen LogP contribution in [0.5, 0.6) is 0 Å². The summed E-state index contributed by atoms with van der Waals surface area (Å²) in [4.78, 5) is 28.6. The highest BCUT2D eigenvalue weighted by molar-refractivity contribution is 5.82. The van der Waals surface area contributed by atoms with Crippen LogP contribution in [0.1, 0.15) is 56.5 Å². The number of amides is 1. The van der Waals surface area contributed by atoms with E-state index < -0.39 is 0 Å². The van der Waals surface area contributed by atoms with Gasteiger partial charge < -0.3 is 10.2 Å². The average Bonchev–Trinajstić information content (AvgIpc) is 3.08. The standard InChI is InChI=1S/C22H31N5O/c1-7-15-11-18(23-12-14(15)2)20-24-17-10-8-9-16(17)21(25-20)27(6)13-19(28)26-22(3,4)5/h11-12H,7-10,13H2,1-6H3,(H,26,28). The molecule has 0 aliphatic heterocycles. The molecule has 6 heteroatoms. The molecule has 6 nitrogen and oxygen atoms in total. The fourth-order valence-electron chi connectivity index (χ4n) is 3.66. The number of likely N-dealkylation sites (N-methyl/N-ethyl adjacent to an activating group) is 1. The Morgan fingerprint density at radius 3 is 2.68 bits per heavy atom. The van der Waals surface area contributed by atoms with Gasteiger partial charge in [-0.05, 0) is 70.6 Å². The van der Waals surface area contributed by atoms with Crippen LogP contribution in [0.25, 0.3) is 11.5 Å². The van der Waals surface area contributed by atoms with Crippen LogP contribution in [-0.2, 0) is 24.1 Å². The van der Waals surface area contributed by atoms with E-state index in [1.165, 1.54) is 11.1 Å². The zero-order valence-electron chi connectivity index (χ0n) is 17.9. The van der Waals surface area contributed by atoms with E-state index in [0.717, 1.165) is 48.5 Å². The number of hydrogen-bond acceptors (Lipinski definition) is 5. The van der Waals surface area contributed by atoms with Crippen molar-refractivity contribution in [2.75, 3.05) is 18.5 Å². The third-order valence-corrected chi connectivity index (χ3v) is 4.99. The lowest BCUT2D eigenvalue weighted by atomic mass is 10.1. The van der Waals surface area contributed by atoms with Crippen LogP contribution in [0, 0.1) is 6.92 Å². The molecule has 1 amide bonds. The van der Waals surface area contributed by atoms with Crippen LogP contribution in [0.2, 0.25) is 0 Å². The number of rotatable bonds is 5. The monoisotopic (exact) mass is 381 g/mol. The number of nitrogens with one attached hydrogen (secondary N) is 1. The Hall–Kier alpha value is -2.50. The van der Waals surface area contributed by atoms with Gasteiger partial charge in [-0.25, -0.2) is 9.97 Å². The molecule has 1 aliphatic carbocycles. The van der Waals surface area contributed by atoms with E-state index in [9.17, 15) is 4.79 Å². The molecule has 150 valence electrons. The van der Waals surface area contributed by atoms with Crippen molar-refractivity contribution in [1.82, 2.24) is 20.3 Å². The molecule has 0 spiro atoms. The van der Waals surface area contributed by atoms with Crippen LogP contribution in [0.15, 0.2) is 12.3 Å². The van der Waals surface area contributed by atoms with Crippen LogP contribution in [0.4, 0.5) is 5.82 Å². The van der Waals surface area contributed by atoms with Gasteiger partial charge in [0.1, 0.15) is 11.5 Å². The molecule has 0 saturated heterocycles. The average molecular weight is 382 g/mol. The Bertz CT molecular complexity index is 885. The first-order chi connectivity index (χ1) is 13.2. The van der Waals surface area contributed by atoms with E-state index in [4.69, 9.17) is 9.97 Å². The molecule has 28 heavy (non-hydrogen) atoms. The Labute approximate surface area is 167 Å². The quantitative estimate of drug-likeness (QED) is 0.861. The minimum Gasteiger partial charge on any atom is -0.350 e. The van der Waals surface area contributed by atoms with E-state index in [0.29, 0.717) is 5.82 Å². The number of nitrogens with zero attached hydrogens (tertiary/aromatic N) is 4. The lowest BCUT2D eigenvalue weighted by Gasteiger charge is -2.25. The number of aryl methyl sites for hydroxylation is 3. The number of pyridine rings is 1. The Balaban J connectivity index is 1.95. The molecule has 1 N–H and O–H groups in total. The summed E-state index contributed by atoms with van der Waals surface area (Å²) in [7, 11) is 1.92. The largest absolute Gasteiger partial charge is 0.350 e. The number of carbonyl (C=O) groups excluding carboxylic acids is 1. The second kappa shape index (κ2) is 7.86. The summed E-state index contributed by atoms with van der Waals surface area (Å²) in [6, 6.07) is 2.09. The van der Waals surface area contributed by atoms with E-state index in [1.54, 1.807) is 0 Å². The third kappa shape index (κ3) is 4.49. The van der Waals surface area contributed by atoms with Gasteiger partial charge in [-0.15, -0.1) is 0 Å². The number of carbonyl (C=O) groups is 1. The van der Waals surface area contributed by atoms with Crippen molar-refractivity contribution in [2.24, 2.45) is 0 Å². The molecule has 0 aromatic carbocycles. The van der Waals surface area contributed by atoms with Gasteiger partial charge in [0, 0.05) is 30.0 Å². The van der Waals surface area contributed by atoms with Gasteiger partial charge in [-0.3, -0.25) is 9.78 Å². The molecule has 0 unspecified atom stereocenters. The molecule has 0 radical (unpaired) electrons. The maximum atomic E-state index is 12.4. The molecular weight excluding hydrogens is 350 g/mol. The fraction of sp³-hybridized carbons (Fsp3) is 0.545. The summed E-state index contributed by atoms with van der Waals surface area (Å²) in [5.41, 5.74) is 5.24. The van der Waals surface area contributed by atoms with E-state index >= 15 is 0 Å². The highest BCUT2D eigenvalue weighted by atomic mass is 16.2. The maximum absolute atomic E-state index is 12.4. The van der Waals surface area contributed by atoms with Gasteiger partial charge in [-0.1, -0.05) is 6.92 Å². The minimum absolute atomic E-state index is 0.0105. The number of aromatic nitrogens is 3. The first-order valence-corrected chi connectivity index (χ1v) is 10.1. The van der Waals surface area contributed by atoms with Gasteiger partial charge in [0.15, 0.2) is 5.82 Å². The molecule has 2 heterocycles. The van der Waals surface area contributed by atoms with Gasteiger partial charge in [0.2, 0.25) is 5.91 Å². The Kier molecular flexibility index (Phi) is 5.68. The second-order valence-electron chi connectivity index (χ2n) is 8.65. The lowest BCUT2D eigenvalue weighted by Crippen LogP contribution is -2.45. The highest BCUT2D eigenvalue weighted by Crippen LogP contribution is 2.31. The number of anilines is 1. The summed E-state index contributed by atoms with van der Waals surface area (Å²) >= 11 is 0. The topological polar surface area (TPSA) is 71.0 Å². The predicted molar refractivity (Wildman–Crippen MR) is 113 cm³/mol. The molecule has 3 rings (SSSR count). The van der Waals surface area contributed by atoms with Crippen LogP contribution in [-0.4, -0.2) is 40.0 Å². The minimum atomic E-state index is -0.251. The molecule has 0 fully saturated rings. The zero-order valence-corrected chi connectivity index (χ0v) is 17.9. The third-order valence-electron chi connectivity index (χ3n) is 4.99. The summed E-state index contributed by atoms with van der Waals surface area (Å²) in [6.45, 7) is 10.4. The number of hydrogen-bond donors (Lipinski definition) is 1. The van der Waals surface area contributed by atoms with Crippen molar-refractivity contribution >= 4 is 11.7 Å². The van der Waals surface area contributed by atoms with Crippen molar-refractivity contribution in [2.45, 2.75) is 65.8 Å². The van der Waals surface area contributed by atoms with E-state index in [2.05, 4.69) is 30.2 Å². The molecule has 1 aliphatic rings. The van der Waals surface area contributed by atoms with Crippen molar-refractivity contribution in [1.29, 1.82) is 0 Å². The van der Waals surface area contributed by atoms with Crippen LogP contribution >= 0.6 is 0 Å². The second-order valence-corrected chi connectivity index (χ2v) is 8.65. The van der Waals surface area contributed by atoms with Crippen molar-refractivity contribution in [3.8, 4) is 11.5 Å². The van der Waals surface area contributed by atoms with E-state index in [-0.39, 0.29) is 18.0 Å². The smallest absolute Gasteiger partial charge is 0.239 e. The molecule has 2 aromatic rings. The summed E-state index contributed by atoms with van der Waals surface area (Å²) in [6.07, 6.45) is 5.82. The molecular formula is C22H31N5O. The Morgan fingerprint density at radius 2 is 2.00 bits per heavy atom. The van der Waals surface area contributed by atoms with Gasteiger partial charge in [0.25, 0.3) is 0 Å². The van der Waals surface area contributed by atoms with E-state index in [1.807, 2.05) is 38.9 Å². The summed E-state index contributed by atoms with van der Waals surface area (Å²) in [5, 5.41) is 3.02. The maximum Gasteiger partial charge on any atom is 0.239 e. The predicted octanol–water partition coefficient (Wildman–Crippen LogP) is 3.25. The van der Waals surface area contributed by atoms with Gasteiger partial charge >= 0.3 is 0 Å².